The quantitative estimate of drug-likeness (QED) is 0.344. The molecule has 4 rings (SSSR count). The first-order chi connectivity index (χ1) is 15.8. The van der Waals surface area contributed by atoms with Gasteiger partial charge in [0.15, 0.2) is 0 Å². The van der Waals surface area contributed by atoms with E-state index in [2.05, 4.69) is 98.1 Å². The largest absolute Gasteiger partial charge is 0.506 e. The molecule has 0 saturated carbocycles. The first-order valence-corrected chi connectivity index (χ1v) is 13.1. The van der Waals surface area contributed by atoms with E-state index in [1.54, 1.807) is 18.2 Å². The first kappa shape index (κ1) is 29.2. The Labute approximate surface area is 227 Å². The molecule has 0 aromatic heterocycles. The topological polar surface area (TPSA) is 83.1 Å². The number of phenolic OH excluding ortho intramolecular Hbond substituents is 1. The summed E-state index contributed by atoms with van der Waals surface area (Å²) in [5.41, 5.74) is 1.34. The lowest BCUT2D eigenvalue weighted by Gasteiger charge is -2.23. The second-order valence-corrected chi connectivity index (χ2v) is 11.7. The van der Waals surface area contributed by atoms with Gasteiger partial charge >= 0.3 is 0 Å². The number of carbonyl (C=O) groups excluding carboxylic acids is 1. The normalized spacial score (nSPS) is 18.4. The van der Waals surface area contributed by atoms with E-state index in [9.17, 15) is 9.90 Å². The molecule has 0 unspecified atom stereocenters. The van der Waals surface area contributed by atoms with Crippen LogP contribution in [0.25, 0.3) is 0 Å². The molecule has 0 spiro atoms. The number of hydrogen-bond donors (Lipinski definition) is 3. The van der Waals surface area contributed by atoms with Crippen LogP contribution < -0.4 is 10.6 Å². The average Bonchev–Trinajstić information content (AvgIpc) is 3.33. The predicted molar refractivity (Wildman–Crippen MR) is 146 cm³/mol. The van der Waals surface area contributed by atoms with Crippen molar-refractivity contribution < 1.29 is 19.4 Å². The van der Waals surface area contributed by atoms with Crippen molar-refractivity contribution in [3.8, 4) is 5.75 Å². The number of para-hydroxylation sites is 1. The van der Waals surface area contributed by atoms with Crippen LogP contribution in [0.15, 0.2) is 49.8 Å². The van der Waals surface area contributed by atoms with Crippen molar-refractivity contribution >= 4 is 59.4 Å². The predicted octanol–water partition coefficient (Wildman–Crippen LogP) is 5.96. The molecule has 34 heavy (non-hydrogen) atoms. The third kappa shape index (κ3) is 8.58. The van der Waals surface area contributed by atoms with Crippen molar-refractivity contribution in [1.82, 2.24) is 10.2 Å². The summed E-state index contributed by atoms with van der Waals surface area (Å²) in [5.74, 6) is -0.485. The highest BCUT2D eigenvalue weighted by Crippen LogP contribution is 2.40. The van der Waals surface area contributed by atoms with Crippen molar-refractivity contribution in [1.29, 1.82) is 0 Å². The monoisotopic (exact) mass is 663 g/mol. The van der Waals surface area contributed by atoms with Crippen LogP contribution in [0, 0.1) is 0 Å². The number of aromatic hydroxyl groups is 1. The lowest BCUT2D eigenvalue weighted by Crippen LogP contribution is -2.36. The zero-order valence-corrected chi connectivity index (χ0v) is 24.8. The number of amides is 1. The molecule has 2 heterocycles. The number of phenols is 1. The lowest BCUT2D eigenvalue weighted by molar-refractivity contribution is 0.102. The summed E-state index contributed by atoms with van der Waals surface area (Å²) < 4.78 is 12.0. The molecule has 2 aliphatic heterocycles. The number of nitrogens with zero attached hydrogens (tertiary/aromatic N) is 1. The highest BCUT2D eigenvalue weighted by Gasteiger charge is 2.29. The second-order valence-electron chi connectivity index (χ2n) is 9.24. The molecular formula is C24H32Br3N3O4. The Kier molecular flexibility index (Phi) is 11.0. The standard InChI is InChI=1S/C13H8Br3NO2.C6H13NO.C5H11NO/c14-9-6-8(12(18)11(16)10(9)15)13(19)17-7-4-2-1-3-5-7;1-6(2)4-8-5-7(6)3;1-5(2)3-7-4-6-5/h1-6,18H,(H,17,19);4-5H2,1-3H3;6H,3-4H2,1-2H3. The van der Waals surface area contributed by atoms with Gasteiger partial charge in [0.1, 0.15) is 5.75 Å². The van der Waals surface area contributed by atoms with E-state index < -0.39 is 0 Å². The summed E-state index contributed by atoms with van der Waals surface area (Å²) in [6, 6.07) is 10.6. The van der Waals surface area contributed by atoms with E-state index in [4.69, 9.17) is 9.47 Å². The first-order valence-electron chi connectivity index (χ1n) is 10.7. The summed E-state index contributed by atoms with van der Waals surface area (Å²) in [6.07, 6.45) is 0. The summed E-state index contributed by atoms with van der Waals surface area (Å²) in [4.78, 5) is 14.3. The van der Waals surface area contributed by atoms with E-state index in [1.165, 1.54) is 0 Å². The van der Waals surface area contributed by atoms with Gasteiger partial charge in [-0.25, -0.2) is 0 Å². The van der Waals surface area contributed by atoms with Gasteiger partial charge in [-0.1, -0.05) is 18.2 Å². The summed E-state index contributed by atoms with van der Waals surface area (Å²) in [5, 5.41) is 15.9. The molecule has 2 fully saturated rings. The molecule has 3 N–H and O–H groups in total. The smallest absolute Gasteiger partial charge is 0.259 e. The van der Waals surface area contributed by atoms with Crippen LogP contribution in [0.3, 0.4) is 0 Å². The van der Waals surface area contributed by atoms with Crippen LogP contribution in [0.1, 0.15) is 38.1 Å². The molecule has 188 valence electrons. The van der Waals surface area contributed by atoms with E-state index >= 15 is 0 Å². The van der Waals surface area contributed by atoms with Crippen LogP contribution in [0.2, 0.25) is 0 Å². The van der Waals surface area contributed by atoms with Gasteiger partial charge in [0, 0.05) is 25.7 Å². The Hall–Kier alpha value is -1.01. The van der Waals surface area contributed by atoms with Crippen LogP contribution in [0.4, 0.5) is 5.69 Å². The Morgan fingerprint density at radius 3 is 2.12 bits per heavy atom. The minimum Gasteiger partial charge on any atom is -0.506 e. The Balaban J connectivity index is 0.000000222. The molecule has 2 saturated heterocycles. The van der Waals surface area contributed by atoms with Gasteiger partial charge in [-0.3, -0.25) is 15.0 Å². The zero-order valence-electron chi connectivity index (χ0n) is 20.0. The summed E-state index contributed by atoms with van der Waals surface area (Å²) in [7, 11) is 2.08. The van der Waals surface area contributed by atoms with Gasteiger partial charge < -0.3 is 19.9 Å². The van der Waals surface area contributed by atoms with Crippen molar-refractivity contribution in [3.63, 3.8) is 0 Å². The van der Waals surface area contributed by atoms with E-state index in [0.29, 0.717) is 25.8 Å². The Morgan fingerprint density at radius 1 is 1.06 bits per heavy atom. The molecule has 0 bridgehead atoms. The number of likely N-dealkylation sites (N-methyl/N-ethyl adjacent to an activating group) is 1. The maximum Gasteiger partial charge on any atom is 0.259 e. The minimum atomic E-state index is -0.377. The van der Waals surface area contributed by atoms with Gasteiger partial charge in [0.25, 0.3) is 5.91 Å². The molecule has 1 amide bonds. The molecule has 7 nitrogen and oxygen atoms in total. The van der Waals surface area contributed by atoms with E-state index in [0.717, 1.165) is 19.9 Å². The molecule has 0 atom stereocenters. The fraction of sp³-hybridized carbons (Fsp3) is 0.458. The number of halogens is 3. The maximum atomic E-state index is 12.1. The van der Waals surface area contributed by atoms with Crippen molar-refractivity contribution in [2.24, 2.45) is 0 Å². The molecular weight excluding hydrogens is 634 g/mol. The molecule has 2 aromatic carbocycles. The summed E-state index contributed by atoms with van der Waals surface area (Å²) in [6.45, 7) is 11.8. The Bertz CT molecular complexity index is 964. The van der Waals surface area contributed by atoms with Crippen LogP contribution in [-0.2, 0) is 9.47 Å². The fourth-order valence-corrected chi connectivity index (χ4v) is 4.22. The van der Waals surface area contributed by atoms with Crippen molar-refractivity contribution in [2.45, 2.75) is 38.8 Å². The van der Waals surface area contributed by atoms with Crippen LogP contribution in [0.5, 0.6) is 5.75 Å². The van der Waals surface area contributed by atoms with Crippen LogP contribution in [-0.4, -0.2) is 60.7 Å². The third-order valence-corrected chi connectivity index (χ3v) is 8.59. The second kappa shape index (κ2) is 12.8. The number of carbonyl (C=O) groups is 1. The molecule has 10 heteroatoms. The number of anilines is 1. The van der Waals surface area contributed by atoms with Gasteiger partial charge in [0.05, 0.1) is 36.7 Å². The van der Waals surface area contributed by atoms with Crippen molar-refractivity contribution in [3.05, 3.63) is 55.4 Å². The average molecular weight is 666 g/mol. The molecule has 0 radical (unpaired) electrons. The lowest BCUT2D eigenvalue weighted by atomic mass is 10.1. The molecule has 0 aliphatic carbocycles. The van der Waals surface area contributed by atoms with Gasteiger partial charge in [0.2, 0.25) is 0 Å². The number of hydrogen-bond acceptors (Lipinski definition) is 6. The SMILES string of the molecule is CC1(C)COCN1.CN1COCC1(C)C.O=C(Nc1ccccc1)c1cc(Br)c(Br)c(Br)c1O. The zero-order chi connectivity index (χ0) is 25.5. The highest BCUT2D eigenvalue weighted by atomic mass is 79.9. The Morgan fingerprint density at radius 2 is 1.71 bits per heavy atom. The fourth-order valence-electron chi connectivity index (χ4n) is 2.80. The minimum absolute atomic E-state index is 0.108. The molecule has 2 aromatic rings. The van der Waals surface area contributed by atoms with Gasteiger partial charge in [-0.15, -0.1) is 0 Å². The maximum absolute atomic E-state index is 12.1. The number of benzene rings is 2. The number of rotatable bonds is 2. The van der Waals surface area contributed by atoms with Gasteiger partial charge in [-0.05, 0) is 101 Å². The molecule has 2 aliphatic rings. The number of ether oxygens (including phenoxy) is 2. The summed E-state index contributed by atoms with van der Waals surface area (Å²) >= 11 is 9.84. The van der Waals surface area contributed by atoms with E-state index in [-0.39, 0.29) is 28.3 Å². The highest BCUT2D eigenvalue weighted by molar-refractivity contribution is 9.14. The van der Waals surface area contributed by atoms with Gasteiger partial charge in [-0.2, -0.15) is 0 Å². The van der Waals surface area contributed by atoms with E-state index in [1.807, 2.05) is 18.2 Å². The third-order valence-electron chi connectivity index (χ3n) is 5.30. The number of nitrogens with one attached hydrogen (secondary N) is 2. The van der Waals surface area contributed by atoms with Crippen LogP contribution >= 0.6 is 47.8 Å². The van der Waals surface area contributed by atoms with Crippen molar-refractivity contribution in [2.75, 3.05) is 39.0 Å².